The van der Waals surface area contributed by atoms with Gasteiger partial charge in [-0.2, -0.15) is 0 Å². The molecule has 0 saturated carbocycles. The molecular formula is C27H28ClNO2. The van der Waals surface area contributed by atoms with Gasteiger partial charge in [-0.1, -0.05) is 74.5 Å². The number of likely N-dealkylation sites (N-methyl/N-ethyl adjacent to an activating group) is 1. The van der Waals surface area contributed by atoms with Crippen LogP contribution in [-0.2, 0) is 4.74 Å². The van der Waals surface area contributed by atoms with Gasteiger partial charge in [-0.15, -0.1) is 12.4 Å². The molecule has 0 saturated heterocycles. The molecule has 3 aromatic carbocycles. The molecule has 3 aromatic rings. The third kappa shape index (κ3) is 4.90. The van der Waals surface area contributed by atoms with Crippen molar-refractivity contribution in [3.05, 3.63) is 95.1 Å². The summed E-state index contributed by atoms with van der Waals surface area (Å²) in [4.78, 5) is 14.6. The van der Waals surface area contributed by atoms with E-state index in [0.717, 1.165) is 25.2 Å². The van der Waals surface area contributed by atoms with Crippen LogP contribution in [0.1, 0.15) is 40.9 Å². The highest BCUT2D eigenvalue weighted by molar-refractivity contribution is 6.06. The molecule has 0 unspecified atom stereocenters. The second kappa shape index (κ2) is 10.4. The van der Waals surface area contributed by atoms with Gasteiger partial charge < -0.3 is 9.64 Å². The normalized spacial score (nSPS) is 11.5. The number of ether oxygens (including phenoxy) is 1. The summed E-state index contributed by atoms with van der Waals surface area (Å²) < 4.78 is 5.43. The van der Waals surface area contributed by atoms with Gasteiger partial charge in [0, 0.05) is 6.54 Å². The number of carbonyl (C=O) groups excluding carboxylic acids is 1. The number of benzene rings is 3. The Hall–Kier alpha value is -2.88. The van der Waals surface area contributed by atoms with Crippen LogP contribution in [0.4, 0.5) is 0 Å². The first-order chi connectivity index (χ1) is 14.7. The molecule has 3 nitrogen and oxygen atoms in total. The number of carbonyl (C=O) groups is 1. The van der Waals surface area contributed by atoms with Gasteiger partial charge in [0.05, 0.1) is 5.56 Å². The van der Waals surface area contributed by atoms with Gasteiger partial charge in [0.1, 0.15) is 6.61 Å². The van der Waals surface area contributed by atoms with Crippen LogP contribution in [0.25, 0.3) is 22.8 Å². The van der Waals surface area contributed by atoms with Crippen molar-refractivity contribution < 1.29 is 9.53 Å². The predicted molar refractivity (Wildman–Crippen MR) is 131 cm³/mol. The van der Waals surface area contributed by atoms with Crippen LogP contribution in [-0.4, -0.2) is 37.1 Å². The summed E-state index contributed by atoms with van der Waals surface area (Å²) in [5.41, 5.74) is 7.91. The van der Waals surface area contributed by atoms with Crippen molar-refractivity contribution in [1.82, 2.24) is 4.90 Å². The highest BCUT2D eigenvalue weighted by Crippen LogP contribution is 2.44. The average Bonchev–Trinajstić information content (AvgIpc) is 3.11. The van der Waals surface area contributed by atoms with E-state index in [1.54, 1.807) is 0 Å². The van der Waals surface area contributed by atoms with Gasteiger partial charge in [-0.25, -0.2) is 4.79 Å². The predicted octanol–water partition coefficient (Wildman–Crippen LogP) is 6.18. The van der Waals surface area contributed by atoms with E-state index in [0.29, 0.717) is 12.2 Å². The molecule has 0 amide bonds. The van der Waals surface area contributed by atoms with Gasteiger partial charge >= 0.3 is 5.97 Å². The monoisotopic (exact) mass is 433 g/mol. The second-order valence-electron chi connectivity index (χ2n) is 7.43. The SMILES string of the molecule is CCN(CC)CCOC(=O)c1ccc(C=C2c3ccccc3-c3ccccc32)cc1.Cl. The van der Waals surface area contributed by atoms with Gasteiger partial charge in [0.2, 0.25) is 0 Å². The number of hydrogen-bond donors (Lipinski definition) is 0. The second-order valence-corrected chi connectivity index (χ2v) is 7.43. The first-order valence-electron chi connectivity index (χ1n) is 10.6. The van der Waals surface area contributed by atoms with Gasteiger partial charge in [0.25, 0.3) is 0 Å². The fraction of sp³-hybridized carbons (Fsp3) is 0.222. The van der Waals surface area contributed by atoms with Crippen LogP contribution in [0.2, 0.25) is 0 Å². The summed E-state index contributed by atoms with van der Waals surface area (Å²) in [6.07, 6.45) is 2.19. The molecule has 0 radical (unpaired) electrons. The van der Waals surface area contributed by atoms with Crippen LogP contribution in [0.5, 0.6) is 0 Å². The van der Waals surface area contributed by atoms with E-state index in [1.165, 1.54) is 27.8 Å². The van der Waals surface area contributed by atoms with E-state index in [1.807, 2.05) is 24.3 Å². The number of fused-ring (bicyclic) bond motifs is 3. The van der Waals surface area contributed by atoms with E-state index in [2.05, 4.69) is 73.4 Å². The fourth-order valence-corrected chi connectivity index (χ4v) is 3.98. The minimum absolute atomic E-state index is 0. The molecule has 0 spiro atoms. The van der Waals surface area contributed by atoms with Crippen molar-refractivity contribution in [3.63, 3.8) is 0 Å². The summed E-state index contributed by atoms with van der Waals surface area (Å²) in [5.74, 6) is -0.266. The van der Waals surface area contributed by atoms with E-state index in [4.69, 9.17) is 4.74 Å². The molecule has 1 aliphatic carbocycles. The highest BCUT2D eigenvalue weighted by atomic mass is 35.5. The van der Waals surface area contributed by atoms with Crippen LogP contribution in [0.15, 0.2) is 72.8 Å². The van der Waals surface area contributed by atoms with Crippen LogP contribution >= 0.6 is 12.4 Å². The summed E-state index contributed by atoms with van der Waals surface area (Å²) in [6.45, 7) is 7.33. The van der Waals surface area contributed by atoms with Crippen molar-refractivity contribution >= 4 is 30.0 Å². The molecule has 0 aromatic heterocycles. The molecule has 160 valence electrons. The van der Waals surface area contributed by atoms with Crippen LogP contribution in [0, 0.1) is 0 Å². The molecule has 0 fully saturated rings. The van der Waals surface area contributed by atoms with Crippen molar-refractivity contribution in [2.45, 2.75) is 13.8 Å². The summed E-state index contributed by atoms with van der Waals surface area (Å²) in [6, 6.07) is 24.7. The molecule has 4 heteroatoms. The first kappa shape index (κ1) is 22.8. The molecule has 1 aliphatic rings. The molecule has 4 rings (SSSR count). The largest absolute Gasteiger partial charge is 0.461 e. The lowest BCUT2D eigenvalue weighted by Gasteiger charge is -2.17. The van der Waals surface area contributed by atoms with Crippen molar-refractivity contribution in [3.8, 4) is 11.1 Å². The Balaban J connectivity index is 0.00000272. The molecular weight excluding hydrogens is 406 g/mol. The zero-order valence-corrected chi connectivity index (χ0v) is 18.8. The van der Waals surface area contributed by atoms with Crippen LogP contribution in [0.3, 0.4) is 0 Å². The molecule has 31 heavy (non-hydrogen) atoms. The Morgan fingerprint density at radius 3 is 1.84 bits per heavy atom. The van der Waals surface area contributed by atoms with Gasteiger partial charge in [-0.05, 0) is 64.7 Å². The Morgan fingerprint density at radius 1 is 0.806 bits per heavy atom. The average molecular weight is 434 g/mol. The lowest BCUT2D eigenvalue weighted by Crippen LogP contribution is -2.27. The smallest absolute Gasteiger partial charge is 0.338 e. The molecule has 0 N–H and O–H groups in total. The van der Waals surface area contributed by atoms with E-state index in [9.17, 15) is 4.79 Å². The Kier molecular flexibility index (Phi) is 7.67. The third-order valence-electron chi connectivity index (χ3n) is 5.72. The maximum absolute atomic E-state index is 12.3. The molecule has 0 atom stereocenters. The van der Waals surface area contributed by atoms with Crippen LogP contribution < -0.4 is 0 Å². The summed E-state index contributed by atoms with van der Waals surface area (Å²) >= 11 is 0. The summed E-state index contributed by atoms with van der Waals surface area (Å²) in [5, 5.41) is 0. The summed E-state index contributed by atoms with van der Waals surface area (Å²) in [7, 11) is 0. The molecule has 0 bridgehead atoms. The maximum atomic E-state index is 12.3. The van der Waals surface area contributed by atoms with E-state index in [-0.39, 0.29) is 18.4 Å². The molecule has 0 heterocycles. The number of rotatable bonds is 7. The Bertz CT molecular complexity index is 1020. The van der Waals surface area contributed by atoms with E-state index < -0.39 is 0 Å². The van der Waals surface area contributed by atoms with Gasteiger partial charge in [-0.3, -0.25) is 0 Å². The third-order valence-corrected chi connectivity index (χ3v) is 5.72. The van der Waals surface area contributed by atoms with Crippen molar-refractivity contribution in [1.29, 1.82) is 0 Å². The minimum atomic E-state index is -0.266. The highest BCUT2D eigenvalue weighted by Gasteiger charge is 2.22. The zero-order valence-electron chi connectivity index (χ0n) is 18.0. The van der Waals surface area contributed by atoms with E-state index >= 15 is 0 Å². The first-order valence-corrected chi connectivity index (χ1v) is 10.6. The van der Waals surface area contributed by atoms with Crippen molar-refractivity contribution in [2.75, 3.05) is 26.2 Å². The number of esters is 1. The maximum Gasteiger partial charge on any atom is 0.338 e. The minimum Gasteiger partial charge on any atom is -0.461 e. The lowest BCUT2D eigenvalue weighted by atomic mass is 10.0. The lowest BCUT2D eigenvalue weighted by molar-refractivity contribution is 0.0466. The zero-order chi connectivity index (χ0) is 20.9. The fourth-order valence-electron chi connectivity index (χ4n) is 3.98. The number of halogens is 1. The molecule has 0 aliphatic heterocycles. The van der Waals surface area contributed by atoms with Gasteiger partial charge in [0.15, 0.2) is 0 Å². The quantitative estimate of drug-likeness (QED) is 0.326. The Labute approximate surface area is 190 Å². The Morgan fingerprint density at radius 2 is 1.32 bits per heavy atom. The number of hydrogen-bond acceptors (Lipinski definition) is 3. The van der Waals surface area contributed by atoms with Crippen molar-refractivity contribution in [2.24, 2.45) is 0 Å². The number of nitrogens with zero attached hydrogens (tertiary/aromatic N) is 1. The standard InChI is InChI=1S/C27H27NO2.ClH/c1-3-28(4-2)17-18-30-27(29)21-15-13-20(14-16-21)19-26-24-11-7-5-9-22(24)23-10-6-8-12-25(23)26;/h5-16,19H,3-4,17-18H2,1-2H3;1H. The topological polar surface area (TPSA) is 29.5 Å².